The van der Waals surface area contributed by atoms with Gasteiger partial charge >= 0.3 is 6.03 Å². The van der Waals surface area contributed by atoms with Crippen LogP contribution in [0.5, 0.6) is 0 Å². The standard InChI is InChI=1S/C14H17N3O2/c1-3-16-14(19)17-10-6-8-11-7-4-5-9-12(11)13(18)15-2/h4-5,7,9H,3,10H2,1-2H3,(H,15,18)(H2,16,17,19). The molecule has 0 aliphatic carbocycles. The fourth-order valence-electron chi connectivity index (χ4n) is 1.41. The normalized spacial score (nSPS) is 8.95. The van der Waals surface area contributed by atoms with E-state index >= 15 is 0 Å². The summed E-state index contributed by atoms with van der Waals surface area (Å²) in [4.78, 5) is 22.7. The number of carbonyl (C=O) groups is 2. The minimum absolute atomic E-state index is 0.179. The van der Waals surface area contributed by atoms with Gasteiger partial charge in [-0.15, -0.1) is 0 Å². The number of hydrogen-bond donors (Lipinski definition) is 3. The summed E-state index contributed by atoms with van der Waals surface area (Å²) >= 11 is 0. The van der Waals surface area contributed by atoms with E-state index in [1.54, 1.807) is 25.2 Å². The van der Waals surface area contributed by atoms with Crippen molar-refractivity contribution in [1.29, 1.82) is 0 Å². The maximum atomic E-state index is 11.6. The molecule has 0 saturated carbocycles. The lowest BCUT2D eigenvalue weighted by atomic mass is 10.1. The highest BCUT2D eigenvalue weighted by atomic mass is 16.2. The van der Waals surface area contributed by atoms with Crippen LogP contribution in [-0.2, 0) is 0 Å². The fraction of sp³-hybridized carbons (Fsp3) is 0.286. The van der Waals surface area contributed by atoms with Crippen molar-refractivity contribution in [2.45, 2.75) is 6.92 Å². The van der Waals surface area contributed by atoms with Gasteiger partial charge in [-0.05, 0) is 19.1 Å². The predicted molar refractivity (Wildman–Crippen MR) is 73.8 cm³/mol. The Morgan fingerprint density at radius 1 is 1.21 bits per heavy atom. The van der Waals surface area contributed by atoms with E-state index in [0.717, 1.165) is 0 Å². The lowest BCUT2D eigenvalue weighted by Gasteiger charge is -2.02. The maximum Gasteiger partial charge on any atom is 0.315 e. The highest BCUT2D eigenvalue weighted by molar-refractivity contribution is 5.96. The zero-order valence-electron chi connectivity index (χ0n) is 11.0. The van der Waals surface area contributed by atoms with Crippen molar-refractivity contribution in [3.05, 3.63) is 35.4 Å². The van der Waals surface area contributed by atoms with E-state index in [2.05, 4.69) is 27.8 Å². The Labute approximate surface area is 112 Å². The zero-order valence-corrected chi connectivity index (χ0v) is 11.0. The number of carbonyl (C=O) groups excluding carboxylic acids is 2. The van der Waals surface area contributed by atoms with Gasteiger partial charge < -0.3 is 16.0 Å². The molecule has 0 aromatic heterocycles. The second-order valence-corrected chi connectivity index (χ2v) is 3.64. The Balaban J connectivity index is 2.68. The van der Waals surface area contributed by atoms with Crippen molar-refractivity contribution < 1.29 is 9.59 Å². The Hall–Kier alpha value is -2.48. The molecule has 1 rings (SSSR count). The second kappa shape index (κ2) is 7.77. The van der Waals surface area contributed by atoms with Crippen LogP contribution in [0.15, 0.2) is 24.3 Å². The number of urea groups is 1. The molecule has 0 aliphatic heterocycles. The second-order valence-electron chi connectivity index (χ2n) is 3.64. The Bertz CT molecular complexity index is 515. The van der Waals surface area contributed by atoms with Gasteiger partial charge in [0.15, 0.2) is 0 Å². The van der Waals surface area contributed by atoms with Crippen molar-refractivity contribution in [1.82, 2.24) is 16.0 Å². The molecule has 19 heavy (non-hydrogen) atoms. The third-order valence-electron chi connectivity index (χ3n) is 2.30. The summed E-state index contributed by atoms with van der Waals surface area (Å²) in [6.07, 6.45) is 0. The van der Waals surface area contributed by atoms with E-state index in [1.165, 1.54) is 0 Å². The van der Waals surface area contributed by atoms with E-state index < -0.39 is 0 Å². The number of amides is 3. The van der Waals surface area contributed by atoms with Crippen LogP contribution < -0.4 is 16.0 Å². The van der Waals surface area contributed by atoms with E-state index in [9.17, 15) is 9.59 Å². The minimum Gasteiger partial charge on any atom is -0.355 e. The highest BCUT2D eigenvalue weighted by Crippen LogP contribution is 2.06. The van der Waals surface area contributed by atoms with Gasteiger partial charge in [0.1, 0.15) is 0 Å². The topological polar surface area (TPSA) is 70.2 Å². The number of rotatable bonds is 3. The summed E-state index contributed by atoms with van der Waals surface area (Å²) in [6.45, 7) is 2.64. The molecule has 0 bridgehead atoms. The van der Waals surface area contributed by atoms with Gasteiger partial charge in [-0.25, -0.2) is 4.79 Å². The Kier molecular flexibility index (Phi) is 5.96. The SMILES string of the molecule is CCNC(=O)NCC#Cc1ccccc1C(=O)NC. The summed E-state index contributed by atoms with van der Waals surface area (Å²) in [5, 5.41) is 7.75. The molecule has 0 unspecified atom stereocenters. The van der Waals surface area contributed by atoms with E-state index in [1.807, 2.05) is 13.0 Å². The fourth-order valence-corrected chi connectivity index (χ4v) is 1.41. The molecule has 1 aromatic rings. The van der Waals surface area contributed by atoms with Gasteiger partial charge in [0.2, 0.25) is 0 Å². The van der Waals surface area contributed by atoms with Crippen LogP contribution in [0.4, 0.5) is 4.79 Å². The van der Waals surface area contributed by atoms with Crippen LogP contribution in [0.3, 0.4) is 0 Å². The first-order chi connectivity index (χ1) is 9.19. The number of nitrogens with one attached hydrogen (secondary N) is 3. The van der Waals surface area contributed by atoms with Crippen molar-refractivity contribution in [2.24, 2.45) is 0 Å². The quantitative estimate of drug-likeness (QED) is 0.700. The van der Waals surface area contributed by atoms with Gasteiger partial charge in [-0.3, -0.25) is 4.79 Å². The number of benzene rings is 1. The van der Waals surface area contributed by atoms with Crippen LogP contribution in [0.2, 0.25) is 0 Å². The Morgan fingerprint density at radius 2 is 1.95 bits per heavy atom. The van der Waals surface area contributed by atoms with Crippen LogP contribution in [0, 0.1) is 11.8 Å². The van der Waals surface area contributed by atoms with Gasteiger partial charge in [0.05, 0.1) is 12.1 Å². The van der Waals surface area contributed by atoms with Crippen LogP contribution in [-0.4, -0.2) is 32.1 Å². The summed E-state index contributed by atoms with van der Waals surface area (Å²) < 4.78 is 0. The van der Waals surface area contributed by atoms with Crippen LogP contribution in [0.1, 0.15) is 22.8 Å². The molecular weight excluding hydrogens is 242 g/mol. The molecular formula is C14H17N3O2. The van der Waals surface area contributed by atoms with Crippen molar-refractivity contribution in [3.63, 3.8) is 0 Å². The van der Waals surface area contributed by atoms with Gasteiger partial charge in [0.25, 0.3) is 5.91 Å². The first kappa shape index (κ1) is 14.6. The van der Waals surface area contributed by atoms with E-state index in [-0.39, 0.29) is 18.5 Å². The zero-order chi connectivity index (χ0) is 14.1. The van der Waals surface area contributed by atoms with Crippen molar-refractivity contribution in [2.75, 3.05) is 20.1 Å². The molecule has 0 fully saturated rings. The molecule has 0 spiro atoms. The van der Waals surface area contributed by atoms with Crippen molar-refractivity contribution >= 4 is 11.9 Å². The van der Waals surface area contributed by atoms with Crippen LogP contribution in [0.25, 0.3) is 0 Å². The highest BCUT2D eigenvalue weighted by Gasteiger charge is 2.06. The molecule has 5 heteroatoms. The van der Waals surface area contributed by atoms with Gasteiger partial charge in [-0.2, -0.15) is 0 Å². The molecule has 0 radical (unpaired) electrons. The first-order valence-electron chi connectivity index (χ1n) is 6.00. The van der Waals surface area contributed by atoms with Gasteiger partial charge in [0, 0.05) is 19.2 Å². The average Bonchev–Trinajstić information content (AvgIpc) is 2.43. The summed E-state index contributed by atoms with van der Waals surface area (Å²) in [6, 6.07) is 6.82. The third kappa shape index (κ3) is 4.72. The Morgan fingerprint density at radius 3 is 2.63 bits per heavy atom. The summed E-state index contributed by atoms with van der Waals surface area (Å²) in [5.74, 6) is 5.50. The molecule has 100 valence electrons. The third-order valence-corrected chi connectivity index (χ3v) is 2.30. The molecule has 0 heterocycles. The lowest BCUT2D eigenvalue weighted by molar-refractivity contribution is 0.0963. The molecule has 0 aliphatic rings. The first-order valence-corrected chi connectivity index (χ1v) is 6.00. The molecule has 0 atom stereocenters. The molecule has 3 amide bonds. The average molecular weight is 259 g/mol. The summed E-state index contributed by atoms with van der Waals surface area (Å²) in [5.41, 5.74) is 1.16. The van der Waals surface area contributed by atoms with E-state index in [4.69, 9.17) is 0 Å². The molecule has 1 aromatic carbocycles. The molecule has 3 N–H and O–H groups in total. The maximum absolute atomic E-state index is 11.6. The van der Waals surface area contributed by atoms with Gasteiger partial charge in [-0.1, -0.05) is 24.0 Å². The minimum atomic E-state index is -0.253. The smallest absolute Gasteiger partial charge is 0.315 e. The molecule has 0 saturated heterocycles. The molecule has 5 nitrogen and oxygen atoms in total. The largest absolute Gasteiger partial charge is 0.355 e. The van der Waals surface area contributed by atoms with Crippen molar-refractivity contribution in [3.8, 4) is 11.8 Å². The van der Waals surface area contributed by atoms with Crippen LogP contribution >= 0.6 is 0 Å². The lowest BCUT2D eigenvalue weighted by Crippen LogP contribution is -2.35. The van der Waals surface area contributed by atoms with E-state index in [0.29, 0.717) is 17.7 Å². The monoisotopic (exact) mass is 259 g/mol. The predicted octanol–water partition coefficient (Wildman–Crippen LogP) is 0.717. The number of hydrogen-bond acceptors (Lipinski definition) is 2. The summed E-state index contributed by atoms with van der Waals surface area (Å²) in [7, 11) is 1.57.